The van der Waals surface area contributed by atoms with Crippen LogP contribution in [0.2, 0.25) is 0 Å². The van der Waals surface area contributed by atoms with Crippen LogP contribution in [0.25, 0.3) is 0 Å². The molecule has 2 aliphatic rings. The third-order valence-electron chi connectivity index (χ3n) is 3.78. The summed E-state index contributed by atoms with van der Waals surface area (Å²) >= 11 is 4.52. The van der Waals surface area contributed by atoms with E-state index < -0.39 is 10.0 Å². The van der Waals surface area contributed by atoms with Crippen LogP contribution in [0.5, 0.6) is 0 Å². The molecule has 3 rings (SSSR count). The molecule has 0 amide bonds. The van der Waals surface area contributed by atoms with Crippen molar-refractivity contribution in [3.8, 4) is 0 Å². The van der Waals surface area contributed by atoms with Gasteiger partial charge in [-0.3, -0.25) is 0 Å². The molecular weight excluding hydrogens is 322 g/mol. The summed E-state index contributed by atoms with van der Waals surface area (Å²) < 4.78 is 28.0. The fourth-order valence-corrected chi connectivity index (χ4v) is 5.88. The van der Waals surface area contributed by atoms with Crippen molar-refractivity contribution >= 4 is 37.3 Å². The fourth-order valence-electron chi connectivity index (χ4n) is 2.36. The Morgan fingerprint density at radius 1 is 1.47 bits per heavy atom. The Hall–Kier alpha value is 0.0900. The van der Waals surface area contributed by atoms with E-state index in [0.29, 0.717) is 20.6 Å². The van der Waals surface area contributed by atoms with E-state index in [-0.39, 0.29) is 0 Å². The van der Waals surface area contributed by atoms with Gasteiger partial charge in [-0.1, -0.05) is 0 Å². The lowest BCUT2D eigenvalue weighted by atomic mass is 10.0. The predicted molar refractivity (Wildman–Crippen MR) is 71.6 cm³/mol. The molecule has 0 aliphatic heterocycles. The number of nitrogens with one attached hydrogen (secondary N) is 1. The summed E-state index contributed by atoms with van der Waals surface area (Å²) in [5.74, 6) is 0.775. The summed E-state index contributed by atoms with van der Waals surface area (Å²) in [6.07, 6.45) is 4.94. The predicted octanol–water partition coefficient (Wildman–Crippen LogP) is 2.98. The number of hydrogen-bond acceptors (Lipinski definition) is 3. The van der Waals surface area contributed by atoms with Gasteiger partial charge in [0.2, 0.25) is 0 Å². The van der Waals surface area contributed by atoms with Crippen molar-refractivity contribution in [2.45, 2.75) is 29.9 Å². The van der Waals surface area contributed by atoms with Crippen molar-refractivity contribution in [3.05, 3.63) is 15.9 Å². The van der Waals surface area contributed by atoms with Crippen molar-refractivity contribution in [2.24, 2.45) is 11.3 Å². The van der Waals surface area contributed by atoms with Gasteiger partial charge in [0.1, 0.15) is 4.21 Å². The average molecular weight is 336 g/mol. The number of halogens is 1. The van der Waals surface area contributed by atoms with Crippen LogP contribution in [0.15, 0.2) is 20.1 Å². The average Bonchev–Trinajstić information content (AvgIpc) is 3.15. The van der Waals surface area contributed by atoms with E-state index in [1.807, 2.05) is 0 Å². The Balaban J connectivity index is 1.71. The monoisotopic (exact) mass is 335 g/mol. The van der Waals surface area contributed by atoms with Crippen LogP contribution in [0, 0.1) is 11.3 Å². The van der Waals surface area contributed by atoms with E-state index in [0.717, 1.165) is 5.92 Å². The maximum atomic E-state index is 12.1. The molecule has 0 aromatic carbocycles. The molecule has 0 unspecified atom stereocenters. The zero-order valence-electron chi connectivity index (χ0n) is 9.28. The topological polar surface area (TPSA) is 46.2 Å². The molecule has 1 heterocycles. The van der Waals surface area contributed by atoms with E-state index in [1.165, 1.54) is 37.0 Å². The molecule has 17 heavy (non-hydrogen) atoms. The number of hydrogen-bond donors (Lipinski definition) is 1. The first-order valence-electron chi connectivity index (χ1n) is 5.76. The van der Waals surface area contributed by atoms with Crippen LogP contribution in [-0.4, -0.2) is 15.0 Å². The molecular formula is C11H14BrNO2S2. The zero-order valence-corrected chi connectivity index (χ0v) is 12.5. The lowest BCUT2D eigenvalue weighted by Gasteiger charge is -2.14. The summed E-state index contributed by atoms with van der Waals surface area (Å²) in [6, 6.07) is 1.77. The van der Waals surface area contributed by atoms with Gasteiger partial charge in [-0.2, -0.15) is 0 Å². The largest absolute Gasteiger partial charge is 0.251 e. The molecule has 2 aliphatic carbocycles. The molecule has 2 fully saturated rings. The highest BCUT2D eigenvalue weighted by Gasteiger charge is 2.53. The number of rotatable bonds is 5. The van der Waals surface area contributed by atoms with Gasteiger partial charge in [0, 0.05) is 11.0 Å². The first kappa shape index (κ1) is 12.1. The van der Waals surface area contributed by atoms with Crippen LogP contribution in [0.4, 0.5) is 0 Å². The van der Waals surface area contributed by atoms with Crippen LogP contribution >= 0.6 is 27.3 Å². The second kappa shape index (κ2) is 4.05. The molecule has 1 aromatic rings. The van der Waals surface area contributed by atoms with Crippen LogP contribution in [0.3, 0.4) is 0 Å². The number of sulfonamides is 1. The number of thiophene rings is 1. The van der Waals surface area contributed by atoms with Gasteiger partial charge < -0.3 is 0 Å². The lowest BCUT2D eigenvalue weighted by molar-refractivity contribution is 0.432. The highest BCUT2D eigenvalue weighted by Crippen LogP contribution is 2.60. The normalized spacial score (nSPS) is 22.6. The molecule has 0 bridgehead atoms. The Morgan fingerprint density at radius 3 is 2.65 bits per heavy atom. The lowest BCUT2D eigenvalue weighted by Crippen LogP contribution is -2.31. The summed E-state index contributed by atoms with van der Waals surface area (Å²) in [7, 11) is -3.32. The van der Waals surface area contributed by atoms with Crippen molar-refractivity contribution in [3.63, 3.8) is 0 Å². The minimum absolute atomic E-state index is 0.302. The fraction of sp³-hybridized carbons (Fsp3) is 0.636. The summed E-state index contributed by atoms with van der Waals surface area (Å²) in [4.78, 5) is 0. The third-order valence-corrected chi connectivity index (χ3v) is 7.85. The van der Waals surface area contributed by atoms with E-state index in [2.05, 4.69) is 20.7 Å². The van der Waals surface area contributed by atoms with Gasteiger partial charge in [0.05, 0.1) is 0 Å². The van der Waals surface area contributed by atoms with Gasteiger partial charge in [-0.15, -0.1) is 11.3 Å². The highest BCUT2D eigenvalue weighted by molar-refractivity contribution is 9.10. The summed E-state index contributed by atoms with van der Waals surface area (Å²) in [5, 5.41) is 1.78. The highest BCUT2D eigenvalue weighted by atomic mass is 79.9. The Labute approximate surface area is 114 Å². The van der Waals surface area contributed by atoms with E-state index >= 15 is 0 Å². The molecule has 0 saturated heterocycles. The van der Waals surface area contributed by atoms with Crippen LogP contribution in [-0.2, 0) is 10.0 Å². The Morgan fingerprint density at radius 2 is 2.18 bits per heavy atom. The smallest absolute Gasteiger partial charge is 0.210 e. The quantitative estimate of drug-likeness (QED) is 0.899. The van der Waals surface area contributed by atoms with Crippen LogP contribution < -0.4 is 4.72 Å². The minimum atomic E-state index is -3.32. The minimum Gasteiger partial charge on any atom is -0.210 e. The van der Waals surface area contributed by atoms with Crippen molar-refractivity contribution in [1.29, 1.82) is 0 Å². The Bertz CT molecular complexity index is 529. The molecule has 0 atom stereocenters. The SMILES string of the molecule is O=S(=O)(NCC1(C2CC2)CC1)c1sccc1Br. The summed E-state index contributed by atoms with van der Waals surface area (Å²) in [6.45, 7) is 0.615. The van der Waals surface area contributed by atoms with Gasteiger partial charge in [-0.05, 0) is 64.4 Å². The van der Waals surface area contributed by atoms with Gasteiger partial charge >= 0.3 is 0 Å². The Kier molecular flexibility index (Phi) is 2.89. The molecule has 94 valence electrons. The standard InChI is InChI=1S/C11H14BrNO2S2/c12-9-3-6-16-10(9)17(14,15)13-7-11(4-5-11)8-1-2-8/h3,6,8,13H,1-2,4-5,7H2. The van der Waals surface area contributed by atoms with E-state index in [9.17, 15) is 8.42 Å². The second-order valence-corrected chi connectivity index (χ2v) is 8.75. The van der Waals surface area contributed by atoms with Gasteiger partial charge in [0.25, 0.3) is 10.0 Å². The molecule has 3 nitrogen and oxygen atoms in total. The van der Waals surface area contributed by atoms with Crippen molar-refractivity contribution in [2.75, 3.05) is 6.54 Å². The third kappa shape index (κ3) is 2.32. The molecule has 2 saturated carbocycles. The molecule has 0 spiro atoms. The van der Waals surface area contributed by atoms with Crippen LogP contribution in [0.1, 0.15) is 25.7 Å². The zero-order chi connectivity index (χ0) is 12.1. The maximum absolute atomic E-state index is 12.1. The van der Waals surface area contributed by atoms with E-state index in [4.69, 9.17) is 0 Å². The summed E-state index contributed by atoms with van der Waals surface area (Å²) in [5.41, 5.74) is 0.302. The molecule has 6 heteroatoms. The van der Waals surface area contributed by atoms with Gasteiger partial charge in [-0.25, -0.2) is 13.1 Å². The van der Waals surface area contributed by atoms with Crippen molar-refractivity contribution in [1.82, 2.24) is 4.72 Å². The first-order chi connectivity index (χ1) is 8.04. The maximum Gasteiger partial charge on any atom is 0.251 e. The first-order valence-corrected chi connectivity index (χ1v) is 8.92. The molecule has 1 N–H and O–H groups in total. The van der Waals surface area contributed by atoms with E-state index in [1.54, 1.807) is 11.4 Å². The van der Waals surface area contributed by atoms with Gasteiger partial charge in [0.15, 0.2) is 0 Å². The second-order valence-electron chi connectivity index (χ2n) is 5.02. The molecule has 1 aromatic heterocycles. The van der Waals surface area contributed by atoms with Crippen molar-refractivity contribution < 1.29 is 8.42 Å². The molecule has 0 radical (unpaired) electrons.